The fourth-order valence-electron chi connectivity index (χ4n) is 5.85. The van der Waals surface area contributed by atoms with Gasteiger partial charge in [-0.1, -0.05) is 84.9 Å². The highest BCUT2D eigenvalue weighted by Gasteiger charge is 2.15. The van der Waals surface area contributed by atoms with Crippen LogP contribution in [0.2, 0.25) is 0 Å². The van der Waals surface area contributed by atoms with Crippen LogP contribution in [0.1, 0.15) is 0 Å². The Morgan fingerprint density at radius 2 is 0.732 bits per heavy atom. The molecule has 41 heavy (non-hydrogen) atoms. The predicted octanol–water partition coefficient (Wildman–Crippen LogP) is 5.31. The summed E-state index contributed by atoms with van der Waals surface area (Å²) in [5.41, 5.74) is 9.90. The number of hydrogen-bond acceptors (Lipinski definition) is 5. The van der Waals surface area contributed by atoms with Crippen molar-refractivity contribution in [2.45, 2.75) is 0 Å². The Morgan fingerprint density at radius 1 is 0.366 bits per heavy atom. The van der Waals surface area contributed by atoms with Gasteiger partial charge in [-0.15, -0.1) is 0 Å². The lowest BCUT2D eigenvalue weighted by molar-refractivity contribution is 1.08. The molecule has 0 radical (unpaired) electrons. The number of H-pyrrole nitrogens is 4. The summed E-state index contributed by atoms with van der Waals surface area (Å²) in [4.78, 5) is 34.1. The van der Waals surface area contributed by atoms with Crippen LogP contribution in [-0.4, -0.2) is 19.9 Å². The van der Waals surface area contributed by atoms with E-state index in [1.165, 1.54) is 0 Å². The summed E-state index contributed by atoms with van der Waals surface area (Å²) in [5, 5.41) is 7.48. The van der Waals surface area contributed by atoms with Gasteiger partial charge >= 0.3 is 0 Å². The highest BCUT2D eigenvalue weighted by atomic mass is 15.1. The molecule has 0 atom stereocenters. The van der Waals surface area contributed by atoms with E-state index in [2.05, 4.69) is 32.1 Å². The largest absolute Gasteiger partial charge is 0.398 e. The monoisotopic (exact) mass is 531 g/mol. The zero-order chi connectivity index (χ0) is 27.1. The van der Waals surface area contributed by atoms with Crippen molar-refractivity contribution in [1.29, 1.82) is 0 Å². The third-order valence-electron chi connectivity index (χ3n) is 7.74. The first-order chi connectivity index (χ1) is 20.2. The number of anilines is 1. The number of hydrogen-bond donors (Lipinski definition) is 5. The number of aromatic nitrogens is 4. The second-order valence-electron chi connectivity index (χ2n) is 10.1. The van der Waals surface area contributed by atoms with Crippen LogP contribution in [0, 0.1) is 0 Å². The maximum absolute atomic E-state index is 6.51. The molecule has 0 saturated carbocycles. The third-order valence-corrected chi connectivity index (χ3v) is 7.74. The Bertz CT molecular complexity index is 2610. The van der Waals surface area contributed by atoms with Crippen LogP contribution in [0.3, 0.4) is 0 Å². The summed E-state index contributed by atoms with van der Waals surface area (Å²) in [6, 6.07) is 30.1. The fraction of sp³-hybridized carbons (Fsp3) is 0. The van der Waals surface area contributed by atoms with Crippen molar-refractivity contribution in [2.75, 3.05) is 5.73 Å². The summed E-state index contributed by atoms with van der Waals surface area (Å²) < 4.78 is 0. The van der Waals surface area contributed by atoms with Crippen molar-refractivity contribution < 1.29 is 0 Å². The van der Waals surface area contributed by atoms with Gasteiger partial charge < -0.3 is 25.7 Å². The number of rotatable bonds is 0. The molecule has 9 rings (SSSR count). The lowest BCUT2D eigenvalue weighted by Crippen LogP contribution is -2.10. The third kappa shape index (κ3) is 3.17. The van der Waals surface area contributed by atoms with Gasteiger partial charge in [0, 0.05) is 43.4 Å². The minimum atomic E-state index is 0.620. The number of nitrogens with one attached hydrogen (secondary N) is 4. The van der Waals surface area contributed by atoms with E-state index < -0.39 is 0 Å². The average molecular weight is 532 g/mol. The Kier molecular flexibility index (Phi) is 4.29. The van der Waals surface area contributed by atoms with Crippen molar-refractivity contribution >= 4 is 72.0 Å². The molecule has 1 aliphatic rings. The van der Waals surface area contributed by atoms with E-state index in [4.69, 9.17) is 25.7 Å². The number of fused-ring (bicyclic) bond motifs is 20. The second-order valence-corrected chi connectivity index (χ2v) is 10.1. The molecule has 0 amide bonds. The molecule has 4 aromatic carbocycles. The van der Waals surface area contributed by atoms with E-state index in [-0.39, 0.29) is 0 Å². The van der Waals surface area contributed by atoms with Gasteiger partial charge in [0.25, 0.3) is 0 Å². The zero-order valence-corrected chi connectivity index (χ0v) is 21.5. The van der Waals surface area contributed by atoms with E-state index in [9.17, 15) is 0 Å². The van der Waals surface area contributed by atoms with Crippen LogP contribution in [0.25, 0.3) is 43.1 Å². The highest BCUT2D eigenvalue weighted by molar-refractivity contribution is 6.06. The number of nitrogens with zero attached hydrogens (tertiary/aromatic N) is 4. The number of benzene rings is 4. The summed E-state index contributed by atoms with van der Waals surface area (Å²) in [7, 11) is 0. The molecular weight excluding hydrogens is 510 g/mol. The molecule has 0 aliphatic carbocycles. The number of nitrogen functional groups attached to an aromatic ring is 1. The van der Waals surface area contributed by atoms with Crippen LogP contribution >= 0.6 is 0 Å². The van der Waals surface area contributed by atoms with E-state index in [0.29, 0.717) is 50.9 Å². The van der Waals surface area contributed by atoms with Crippen LogP contribution < -0.4 is 27.7 Å². The van der Waals surface area contributed by atoms with Gasteiger partial charge in [0.1, 0.15) is 45.2 Å². The van der Waals surface area contributed by atoms with Crippen LogP contribution in [0.4, 0.5) is 29.0 Å². The van der Waals surface area contributed by atoms with Crippen molar-refractivity contribution in [2.24, 2.45) is 20.0 Å². The lowest BCUT2D eigenvalue weighted by Gasteiger charge is -1.97. The van der Waals surface area contributed by atoms with Gasteiger partial charge in [-0.05, 0) is 6.07 Å². The number of aromatic amines is 4. The van der Waals surface area contributed by atoms with E-state index >= 15 is 0 Å². The van der Waals surface area contributed by atoms with Gasteiger partial charge in [0.2, 0.25) is 0 Å². The molecule has 9 heteroatoms. The molecule has 0 fully saturated rings. The molecule has 5 heterocycles. The Balaban J connectivity index is 1.52. The second kappa shape index (κ2) is 8.03. The smallest absolute Gasteiger partial charge is 0.144 e. The molecule has 4 aromatic heterocycles. The van der Waals surface area contributed by atoms with Gasteiger partial charge in [-0.2, -0.15) is 0 Å². The topological polar surface area (TPSA) is 139 Å². The quantitative estimate of drug-likeness (QED) is 0.166. The summed E-state index contributed by atoms with van der Waals surface area (Å²) >= 11 is 0. The molecule has 194 valence electrons. The van der Waals surface area contributed by atoms with E-state index in [1.54, 1.807) is 0 Å². The number of nitrogens with two attached hydrogens (primary N) is 1. The van der Waals surface area contributed by atoms with Gasteiger partial charge in [-0.25, -0.2) is 20.0 Å². The first-order valence-corrected chi connectivity index (χ1v) is 13.3. The molecular formula is C32H21N9. The van der Waals surface area contributed by atoms with Crippen LogP contribution in [0.15, 0.2) is 111 Å². The maximum atomic E-state index is 6.51. The van der Waals surface area contributed by atoms with Crippen molar-refractivity contribution in [3.8, 4) is 0 Å². The minimum Gasteiger partial charge on any atom is -0.398 e. The highest BCUT2D eigenvalue weighted by Crippen LogP contribution is 2.37. The minimum absolute atomic E-state index is 0.620. The molecule has 8 aromatic rings. The molecule has 0 unspecified atom stereocenters. The Morgan fingerprint density at radius 3 is 1.22 bits per heavy atom. The lowest BCUT2D eigenvalue weighted by atomic mass is 10.1. The van der Waals surface area contributed by atoms with E-state index in [0.717, 1.165) is 43.1 Å². The molecule has 8 bridgehead atoms. The zero-order valence-electron chi connectivity index (χ0n) is 21.5. The standard InChI is InChI=1S/C32H21N9/c33-23-15-7-14-22-24(23)32-40-30-21-13-6-5-12-20(21)28(38-30)36-26-17-9-2-1-8-16(17)25(34-26)35-27-18-10-3-4-11-19(18)29(37-27)39-31(22)41-32/h1-15H,33H2,(H4,34,35,36,37,38,39,40,41). The Hall–Kier alpha value is -5.96. The Labute approximate surface area is 230 Å². The molecule has 9 nitrogen and oxygen atoms in total. The first-order valence-electron chi connectivity index (χ1n) is 13.3. The average Bonchev–Trinajstić information content (AvgIpc) is 3.73. The molecule has 6 N–H and O–H groups in total. The SMILES string of the molecule is Nc1cccc2c3[nH]c(c12)N=c1[nH]c(c2ccccc12)=Nc1[nH]c(c2ccccc12)N=c1[nH]c(c2ccccc12)=N3. The van der Waals surface area contributed by atoms with Gasteiger partial charge in [-0.3, -0.25) is 0 Å². The fourth-order valence-corrected chi connectivity index (χ4v) is 5.85. The van der Waals surface area contributed by atoms with Crippen molar-refractivity contribution in [1.82, 2.24) is 19.9 Å². The molecule has 0 spiro atoms. The first kappa shape index (κ1) is 21.9. The van der Waals surface area contributed by atoms with Crippen molar-refractivity contribution in [3.63, 3.8) is 0 Å². The predicted molar refractivity (Wildman–Crippen MR) is 161 cm³/mol. The molecule has 0 saturated heterocycles. The van der Waals surface area contributed by atoms with Crippen LogP contribution in [0.5, 0.6) is 0 Å². The van der Waals surface area contributed by atoms with Gasteiger partial charge in [0.15, 0.2) is 0 Å². The van der Waals surface area contributed by atoms with Crippen molar-refractivity contribution in [3.05, 3.63) is 113 Å². The van der Waals surface area contributed by atoms with E-state index in [1.807, 2.05) is 78.9 Å². The maximum Gasteiger partial charge on any atom is 0.144 e. The summed E-state index contributed by atoms with van der Waals surface area (Å²) in [6.45, 7) is 0. The normalized spacial score (nSPS) is 12.8. The summed E-state index contributed by atoms with van der Waals surface area (Å²) in [5.74, 6) is 2.70. The van der Waals surface area contributed by atoms with Crippen LogP contribution in [-0.2, 0) is 0 Å². The molecule has 1 aliphatic heterocycles. The summed E-state index contributed by atoms with van der Waals surface area (Å²) in [6.07, 6.45) is 0. The van der Waals surface area contributed by atoms with Gasteiger partial charge in [0.05, 0.1) is 5.39 Å².